The number of para-hydroxylation sites is 1. The number of nitrogens with one attached hydrogen (secondary N) is 1. The van der Waals surface area contributed by atoms with Crippen molar-refractivity contribution in [2.75, 3.05) is 6.61 Å². The Kier molecular flexibility index (Phi) is 6.25. The molecule has 0 saturated heterocycles. The Morgan fingerprint density at radius 3 is 2.33 bits per heavy atom. The molecular weight excluding hydrogens is 392 g/mol. The molecule has 3 aromatic rings. The highest BCUT2D eigenvalue weighted by molar-refractivity contribution is 5.97. The zero-order valence-electron chi connectivity index (χ0n) is 16.8. The second kappa shape index (κ2) is 8.86. The van der Waals surface area contributed by atoms with E-state index < -0.39 is 29.6 Å². The molecule has 0 fully saturated rings. The minimum Gasteiger partial charge on any atom is -0.464 e. The first-order valence-corrected chi connectivity index (χ1v) is 9.37. The van der Waals surface area contributed by atoms with Gasteiger partial charge in [0.2, 0.25) is 0 Å². The predicted molar refractivity (Wildman–Crippen MR) is 106 cm³/mol. The Morgan fingerprint density at radius 2 is 1.73 bits per heavy atom. The standard InChI is InChI=1S/C22H21F2N3O3/c1-4-30-22(29)20(25-21(28)15-10-16(23)12-17(24)11-15)19-13(2)26-27(14(19)3)18-8-6-5-7-9-18/h5-12,20H,4H2,1-3H3,(H,25,28)/t20-/m0/s1. The molecule has 0 bridgehead atoms. The van der Waals surface area contributed by atoms with E-state index in [0.29, 0.717) is 23.0 Å². The highest BCUT2D eigenvalue weighted by Gasteiger charge is 2.31. The van der Waals surface area contributed by atoms with Gasteiger partial charge in [0.15, 0.2) is 6.04 Å². The maximum atomic E-state index is 13.5. The van der Waals surface area contributed by atoms with Gasteiger partial charge in [0.25, 0.3) is 5.91 Å². The third kappa shape index (κ3) is 4.37. The van der Waals surface area contributed by atoms with Gasteiger partial charge in [0, 0.05) is 22.9 Å². The SMILES string of the molecule is CCOC(=O)[C@@H](NC(=O)c1cc(F)cc(F)c1)c1c(C)nn(-c2ccccc2)c1C. The summed E-state index contributed by atoms with van der Waals surface area (Å²) in [6.45, 7) is 5.22. The van der Waals surface area contributed by atoms with E-state index in [1.165, 1.54) is 0 Å². The summed E-state index contributed by atoms with van der Waals surface area (Å²) < 4.78 is 33.8. The van der Waals surface area contributed by atoms with Crippen molar-refractivity contribution in [2.24, 2.45) is 0 Å². The van der Waals surface area contributed by atoms with Gasteiger partial charge in [0.05, 0.1) is 18.0 Å². The predicted octanol–water partition coefficient (Wildman–Crippen LogP) is 3.80. The van der Waals surface area contributed by atoms with Crippen LogP contribution in [0, 0.1) is 25.5 Å². The third-order valence-electron chi connectivity index (χ3n) is 4.56. The van der Waals surface area contributed by atoms with E-state index in [0.717, 1.165) is 17.8 Å². The fourth-order valence-corrected chi connectivity index (χ4v) is 3.27. The van der Waals surface area contributed by atoms with Crippen LogP contribution in [0.5, 0.6) is 0 Å². The minimum absolute atomic E-state index is 0.102. The molecule has 6 nitrogen and oxygen atoms in total. The van der Waals surface area contributed by atoms with Crippen LogP contribution in [0.25, 0.3) is 5.69 Å². The van der Waals surface area contributed by atoms with Gasteiger partial charge in [-0.3, -0.25) is 4.79 Å². The van der Waals surface area contributed by atoms with Gasteiger partial charge < -0.3 is 10.1 Å². The molecule has 0 radical (unpaired) electrons. The van der Waals surface area contributed by atoms with E-state index in [2.05, 4.69) is 10.4 Å². The lowest BCUT2D eigenvalue weighted by molar-refractivity contribution is -0.145. The zero-order chi connectivity index (χ0) is 21.8. The van der Waals surface area contributed by atoms with Crippen molar-refractivity contribution in [2.45, 2.75) is 26.8 Å². The Hall–Kier alpha value is -3.55. The topological polar surface area (TPSA) is 73.2 Å². The van der Waals surface area contributed by atoms with Gasteiger partial charge in [-0.05, 0) is 45.0 Å². The molecule has 8 heteroatoms. The van der Waals surface area contributed by atoms with E-state index in [-0.39, 0.29) is 12.2 Å². The fraction of sp³-hybridized carbons (Fsp3) is 0.227. The molecule has 0 unspecified atom stereocenters. The van der Waals surface area contributed by atoms with Gasteiger partial charge in [-0.2, -0.15) is 5.10 Å². The molecule has 1 N–H and O–H groups in total. The summed E-state index contributed by atoms with van der Waals surface area (Å²) in [4.78, 5) is 25.3. The molecule has 1 amide bonds. The Balaban J connectivity index is 2.02. The molecule has 1 aromatic heterocycles. The van der Waals surface area contributed by atoms with Crippen LogP contribution < -0.4 is 5.32 Å². The Morgan fingerprint density at radius 1 is 1.10 bits per heavy atom. The van der Waals surface area contributed by atoms with Gasteiger partial charge in [-0.1, -0.05) is 18.2 Å². The fourth-order valence-electron chi connectivity index (χ4n) is 3.27. The number of benzene rings is 2. The van der Waals surface area contributed by atoms with E-state index in [9.17, 15) is 18.4 Å². The van der Waals surface area contributed by atoms with Crippen molar-refractivity contribution in [1.29, 1.82) is 0 Å². The number of rotatable bonds is 6. The maximum absolute atomic E-state index is 13.5. The molecule has 0 aliphatic carbocycles. The van der Waals surface area contributed by atoms with Crippen molar-refractivity contribution in [3.8, 4) is 5.69 Å². The number of amides is 1. The number of hydrogen-bond donors (Lipinski definition) is 1. The molecule has 1 heterocycles. The maximum Gasteiger partial charge on any atom is 0.333 e. The lowest BCUT2D eigenvalue weighted by atomic mass is 10.0. The Bertz CT molecular complexity index is 1060. The molecular formula is C22H21F2N3O3. The van der Waals surface area contributed by atoms with Gasteiger partial charge in [-0.25, -0.2) is 18.3 Å². The highest BCUT2D eigenvalue weighted by Crippen LogP contribution is 2.26. The lowest BCUT2D eigenvalue weighted by Gasteiger charge is -2.18. The minimum atomic E-state index is -1.19. The average Bonchev–Trinajstić information content (AvgIpc) is 3.00. The van der Waals surface area contributed by atoms with Gasteiger partial charge >= 0.3 is 5.97 Å². The van der Waals surface area contributed by atoms with Crippen molar-refractivity contribution < 1.29 is 23.1 Å². The molecule has 0 spiro atoms. The lowest BCUT2D eigenvalue weighted by Crippen LogP contribution is -2.35. The molecule has 0 aliphatic rings. The van der Waals surface area contributed by atoms with Crippen LogP contribution in [0.4, 0.5) is 8.78 Å². The van der Waals surface area contributed by atoms with Crippen LogP contribution in [0.15, 0.2) is 48.5 Å². The second-order valence-electron chi connectivity index (χ2n) is 6.65. The average molecular weight is 413 g/mol. The molecule has 3 rings (SSSR count). The van der Waals surface area contributed by atoms with Crippen molar-refractivity contribution in [3.63, 3.8) is 0 Å². The number of ether oxygens (including phenoxy) is 1. The van der Waals surface area contributed by atoms with Crippen molar-refractivity contribution in [1.82, 2.24) is 15.1 Å². The van der Waals surface area contributed by atoms with E-state index >= 15 is 0 Å². The van der Waals surface area contributed by atoms with Gasteiger partial charge in [0.1, 0.15) is 11.6 Å². The highest BCUT2D eigenvalue weighted by atomic mass is 19.1. The summed E-state index contributed by atoms with van der Waals surface area (Å²) in [5, 5.41) is 7.02. The van der Waals surface area contributed by atoms with Crippen LogP contribution in [0.1, 0.15) is 40.3 Å². The first kappa shape index (κ1) is 21.2. The van der Waals surface area contributed by atoms with Crippen LogP contribution in [-0.4, -0.2) is 28.3 Å². The summed E-state index contributed by atoms with van der Waals surface area (Å²) in [6.07, 6.45) is 0. The zero-order valence-corrected chi connectivity index (χ0v) is 16.8. The molecule has 2 aromatic carbocycles. The number of aryl methyl sites for hydroxylation is 1. The Labute approximate surface area is 172 Å². The quantitative estimate of drug-likeness (QED) is 0.624. The van der Waals surface area contributed by atoms with Crippen LogP contribution >= 0.6 is 0 Å². The van der Waals surface area contributed by atoms with E-state index in [1.807, 2.05) is 30.3 Å². The van der Waals surface area contributed by atoms with Crippen molar-refractivity contribution in [3.05, 3.63) is 82.7 Å². The first-order valence-electron chi connectivity index (χ1n) is 9.37. The largest absolute Gasteiger partial charge is 0.464 e. The number of carbonyl (C=O) groups excluding carboxylic acids is 2. The molecule has 0 aliphatic heterocycles. The number of hydrogen-bond acceptors (Lipinski definition) is 4. The van der Waals surface area contributed by atoms with Gasteiger partial charge in [-0.15, -0.1) is 0 Å². The molecule has 156 valence electrons. The number of carbonyl (C=O) groups is 2. The van der Waals surface area contributed by atoms with Crippen molar-refractivity contribution >= 4 is 11.9 Å². The smallest absolute Gasteiger partial charge is 0.333 e. The summed E-state index contributed by atoms with van der Waals surface area (Å²) in [5.41, 5.74) is 2.14. The first-order chi connectivity index (χ1) is 14.3. The third-order valence-corrected chi connectivity index (χ3v) is 4.56. The summed E-state index contributed by atoms with van der Waals surface area (Å²) >= 11 is 0. The second-order valence-corrected chi connectivity index (χ2v) is 6.65. The monoisotopic (exact) mass is 413 g/mol. The molecule has 1 atom stereocenters. The van der Waals surface area contributed by atoms with Crippen LogP contribution in [0.3, 0.4) is 0 Å². The molecule has 0 saturated carbocycles. The number of esters is 1. The van der Waals surface area contributed by atoms with Crippen LogP contribution in [0.2, 0.25) is 0 Å². The summed E-state index contributed by atoms with van der Waals surface area (Å²) in [7, 11) is 0. The summed E-state index contributed by atoms with van der Waals surface area (Å²) in [6, 6.07) is 10.6. The normalized spacial score (nSPS) is 11.8. The number of halogens is 2. The molecule has 30 heavy (non-hydrogen) atoms. The number of nitrogens with zero attached hydrogens (tertiary/aromatic N) is 2. The number of aromatic nitrogens is 2. The van der Waals surface area contributed by atoms with E-state index in [4.69, 9.17) is 4.74 Å². The summed E-state index contributed by atoms with van der Waals surface area (Å²) in [5.74, 6) is -3.28. The van der Waals surface area contributed by atoms with E-state index in [1.54, 1.807) is 25.5 Å². The van der Waals surface area contributed by atoms with Crippen LogP contribution in [-0.2, 0) is 9.53 Å².